The number of carboxylic acids is 1. The Morgan fingerprint density at radius 2 is 1.76 bits per heavy atom. The molecule has 0 unspecified atom stereocenters. The number of aliphatic carboxylic acids is 1. The van der Waals surface area contributed by atoms with Crippen molar-refractivity contribution in [3.63, 3.8) is 0 Å². The van der Waals surface area contributed by atoms with Crippen molar-refractivity contribution >= 4 is 23.5 Å². The van der Waals surface area contributed by atoms with E-state index < -0.39 is 30.0 Å². The average Bonchev–Trinajstić information content (AvgIpc) is 3.06. The highest BCUT2D eigenvalue weighted by atomic mass is 35.5. The molecule has 1 fully saturated rings. The molecule has 1 aromatic rings. The summed E-state index contributed by atoms with van der Waals surface area (Å²) in [4.78, 5) is 23.6. The van der Waals surface area contributed by atoms with Crippen molar-refractivity contribution in [3.05, 3.63) is 47.0 Å². The first-order chi connectivity index (χ1) is 10.1. The van der Waals surface area contributed by atoms with Gasteiger partial charge in [0.2, 0.25) is 5.91 Å². The predicted octanol–water partition coefficient (Wildman–Crippen LogP) is 1.61. The van der Waals surface area contributed by atoms with Gasteiger partial charge in [0.15, 0.2) is 0 Å². The van der Waals surface area contributed by atoms with Gasteiger partial charge in [-0.05, 0) is 17.7 Å². The monoisotopic (exact) mass is 307 g/mol. The van der Waals surface area contributed by atoms with Gasteiger partial charge in [-0.3, -0.25) is 9.59 Å². The molecule has 1 amide bonds. The third kappa shape index (κ3) is 2.66. The molecule has 0 aliphatic carbocycles. The van der Waals surface area contributed by atoms with Gasteiger partial charge in [0.05, 0.1) is 18.1 Å². The van der Waals surface area contributed by atoms with Crippen LogP contribution in [0.1, 0.15) is 5.56 Å². The van der Waals surface area contributed by atoms with Gasteiger partial charge in [-0.25, -0.2) is 0 Å². The lowest BCUT2D eigenvalue weighted by atomic mass is 9.82. The van der Waals surface area contributed by atoms with E-state index in [2.05, 4.69) is 5.32 Å². The molecule has 2 aliphatic heterocycles. The van der Waals surface area contributed by atoms with E-state index in [-0.39, 0.29) is 5.91 Å². The van der Waals surface area contributed by atoms with Crippen LogP contribution in [-0.2, 0) is 20.9 Å². The number of benzene rings is 1. The summed E-state index contributed by atoms with van der Waals surface area (Å²) in [7, 11) is 0. The van der Waals surface area contributed by atoms with Crippen LogP contribution in [0.2, 0.25) is 5.02 Å². The van der Waals surface area contributed by atoms with Crippen LogP contribution < -0.4 is 5.32 Å². The molecule has 2 bridgehead atoms. The summed E-state index contributed by atoms with van der Waals surface area (Å²) in [6.07, 6.45) is 2.53. The van der Waals surface area contributed by atoms with Crippen molar-refractivity contribution in [2.45, 2.75) is 18.8 Å². The van der Waals surface area contributed by atoms with Crippen molar-refractivity contribution in [1.29, 1.82) is 0 Å². The zero-order chi connectivity index (χ0) is 15.0. The molecule has 2 aliphatic rings. The van der Waals surface area contributed by atoms with Gasteiger partial charge in [0.1, 0.15) is 5.92 Å². The molecule has 0 saturated carbocycles. The lowest BCUT2D eigenvalue weighted by Gasteiger charge is -2.21. The van der Waals surface area contributed by atoms with Crippen LogP contribution in [0.5, 0.6) is 0 Å². The minimum Gasteiger partial charge on any atom is -0.481 e. The van der Waals surface area contributed by atoms with Crippen LogP contribution in [0.25, 0.3) is 0 Å². The molecule has 2 heterocycles. The van der Waals surface area contributed by atoms with E-state index in [1.165, 1.54) is 0 Å². The minimum absolute atomic E-state index is 0.297. The normalized spacial score (nSPS) is 29.6. The molecule has 0 aromatic heterocycles. The van der Waals surface area contributed by atoms with Crippen LogP contribution in [-0.4, -0.2) is 29.2 Å². The van der Waals surface area contributed by atoms with E-state index in [1.54, 1.807) is 24.3 Å². The van der Waals surface area contributed by atoms with Crippen molar-refractivity contribution in [2.75, 3.05) is 0 Å². The molecule has 21 heavy (non-hydrogen) atoms. The van der Waals surface area contributed by atoms with Crippen LogP contribution in [0, 0.1) is 11.8 Å². The maximum absolute atomic E-state index is 12.3. The first-order valence-corrected chi connectivity index (χ1v) is 7.03. The summed E-state index contributed by atoms with van der Waals surface area (Å²) in [5.74, 6) is -2.79. The van der Waals surface area contributed by atoms with Crippen molar-refractivity contribution < 1.29 is 19.4 Å². The average molecular weight is 308 g/mol. The zero-order valence-electron chi connectivity index (χ0n) is 11.0. The molecule has 6 heteroatoms. The van der Waals surface area contributed by atoms with E-state index in [0.29, 0.717) is 11.6 Å². The van der Waals surface area contributed by atoms with E-state index in [9.17, 15) is 14.7 Å². The largest absolute Gasteiger partial charge is 0.481 e. The lowest BCUT2D eigenvalue weighted by molar-refractivity contribution is -0.146. The van der Waals surface area contributed by atoms with Crippen molar-refractivity contribution in [2.24, 2.45) is 11.8 Å². The first-order valence-electron chi connectivity index (χ1n) is 6.65. The number of nitrogens with one attached hydrogen (secondary N) is 1. The Labute approximate surface area is 126 Å². The molecular weight excluding hydrogens is 294 g/mol. The second kappa shape index (κ2) is 5.50. The molecule has 0 radical (unpaired) electrons. The molecule has 4 atom stereocenters. The molecule has 1 saturated heterocycles. The summed E-state index contributed by atoms with van der Waals surface area (Å²) in [6, 6.07) is 7.11. The highest BCUT2D eigenvalue weighted by Crippen LogP contribution is 2.39. The Morgan fingerprint density at radius 3 is 2.38 bits per heavy atom. The Bertz CT molecular complexity index is 598. The summed E-state index contributed by atoms with van der Waals surface area (Å²) >= 11 is 5.80. The van der Waals surface area contributed by atoms with Gasteiger partial charge >= 0.3 is 5.97 Å². The minimum atomic E-state index is -1.00. The van der Waals surface area contributed by atoms with Gasteiger partial charge in [-0.15, -0.1) is 0 Å². The van der Waals surface area contributed by atoms with E-state index in [4.69, 9.17) is 16.3 Å². The van der Waals surface area contributed by atoms with Gasteiger partial charge < -0.3 is 15.2 Å². The third-order valence-corrected chi connectivity index (χ3v) is 4.12. The summed E-state index contributed by atoms with van der Waals surface area (Å²) < 4.78 is 5.48. The lowest BCUT2D eigenvalue weighted by Crippen LogP contribution is -2.42. The number of carbonyl (C=O) groups is 2. The number of rotatable bonds is 4. The number of carbonyl (C=O) groups excluding carboxylic acids is 1. The maximum Gasteiger partial charge on any atom is 0.310 e. The van der Waals surface area contributed by atoms with Gasteiger partial charge in [0, 0.05) is 11.6 Å². The Kier molecular flexibility index (Phi) is 3.69. The number of hydrogen-bond donors (Lipinski definition) is 2. The fourth-order valence-electron chi connectivity index (χ4n) is 2.82. The molecule has 5 nitrogen and oxygen atoms in total. The fraction of sp³-hybridized carbons (Fsp3) is 0.333. The smallest absolute Gasteiger partial charge is 0.310 e. The predicted molar refractivity (Wildman–Crippen MR) is 75.7 cm³/mol. The van der Waals surface area contributed by atoms with E-state index in [1.807, 2.05) is 12.1 Å². The van der Waals surface area contributed by atoms with Crippen LogP contribution in [0.15, 0.2) is 36.4 Å². The Morgan fingerprint density at radius 1 is 1.14 bits per heavy atom. The van der Waals surface area contributed by atoms with Crippen LogP contribution in [0.3, 0.4) is 0 Å². The van der Waals surface area contributed by atoms with E-state index in [0.717, 1.165) is 5.56 Å². The van der Waals surface area contributed by atoms with Crippen LogP contribution in [0.4, 0.5) is 0 Å². The maximum atomic E-state index is 12.3. The number of fused-ring (bicyclic) bond motifs is 2. The number of ether oxygens (including phenoxy) is 1. The molecule has 110 valence electrons. The van der Waals surface area contributed by atoms with Crippen molar-refractivity contribution in [3.8, 4) is 0 Å². The van der Waals surface area contributed by atoms with Gasteiger partial charge in [-0.1, -0.05) is 35.9 Å². The number of halogens is 1. The highest BCUT2D eigenvalue weighted by Gasteiger charge is 2.53. The number of amides is 1. The SMILES string of the molecule is O=C(O)[C@@H]1[C@H](C(=O)NCc2ccc(Cl)cc2)[C@H]2C=C[C@H]1O2. The molecule has 3 rings (SSSR count). The summed E-state index contributed by atoms with van der Waals surface area (Å²) in [5.41, 5.74) is 0.902. The third-order valence-electron chi connectivity index (χ3n) is 3.87. The highest BCUT2D eigenvalue weighted by molar-refractivity contribution is 6.30. The number of hydrogen-bond acceptors (Lipinski definition) is 3. The van der Waals surface area contributed by atoms with Crippen molar-refractivity contribution in [1.82, 2.24) is 5.32 Å². The molecule has 1 aromatic carbocycles. The molecular formula is C15H14ClNO4. The topological polar surface area (TPSA) is 75.6 Å². The number of carboxylic acid groups (broad SMARTS) is 1. The second-order valence-electron chi connectivity index (χ2n) is 5.18. The summed E-state index contributed by atoms with van der Waals surface area (Å²) in [6.45, 7) is 0.333. The van der Waals surface area contributed by atoms with Crippen LogP contribution >= 0.6 is 11.6 Å². The first kappa shape index (κ1) is 14.1. The van der Waals surface area contributed by atoms with Gasteiger partial charge in [0.25, 0.3) is 0 Å². The molecule has 2 N–H and O–H groups in total. The standard InChI is InChI=1S/C15H14ClNO4/c16-9-3-1-8(2-4-9)7-17-14(18)12-10-5-6-11(21-10)13(12)15(19)20/h1-6,10-13H,7H2,(H,17,18)(H,19,20)/t10-,11-,12-,13+/m1/s1. The summed E-state index contributed by atoms with van der Waals surface area (Å²) in [5, 5.41) is 12.7. The quantitative estimate of drug-likeness (QED) is 0.829. The Hall–Kier alpha value is -1.85. The molecule has 0 spiro atoms. The Balaban J connectivity index is 1.66. The second-order valence-corrected chi connectivity index (χ2v) is 5.62. The fourth-order valence-corrected chi connectivity index (χ4v) is 2.95. The van der Waals surface area contributed by atoms with E-state index >= 15 is 0 Å². The van der Waals surface area contributed by atoms with Gasteiger partial charge in [-0.2, -0.15) is 0 Å². The zero-order valence-corrected chi connectivity index (χ0v) is 11.8.